The summed E-state index contributed by atoms with van der Waals surface area (Å²) in [5, 5.41) is 13.0. The molecular weight excluding hydrogens is 352 g/mol. The van der Waals surface area contributed by atoms with E-state index >= 15 is 0 Å². The van der Waals surface area contributed by atoms with Crippen LogP contribution in [0.5, 0.6) is 5.75 Å². The summed E-state index contributed by atoms with van der Waals surface area (Å²) in [5.41, 5.74) is 0.851. The van der Waals surface area contributed by atoms with Gasteiger partial charge in [-0.15, -0.1) is 11.3 Å². The van der Waals surface area contributed by atoms with Crippen molar-refractivity contribution in [2.75, 3.05) is 12.0 Å². The van der Waals surface area contributed by atoms with Crippen LogP contribution in [-0.2, 0) is 6.54 Å². The van der Waals surface area contributed by atoms with Crippen LogP contribution in [0, 0.1) is 10.1 Å². The second-order valence-electron chi connectivity index (χ2n) is 5.48. The van der Waals surface area contributed by atoms with Gasteiger partial charge in [0.25, 0.3) is 11.6 Å². The standard InChI is InChI=1S/C19H16N2O4S/c1-25-17-9-7-15(8-10-17)20(13-18-6-3-11-26-18)19(22)14-4-2-5-16(12-14)21(23)24/h2-12H,13H2,1H3. The Hall–Kier alpha value is -3.19. The fraction of sp³-hybridized carbons (Fsp3) is 0.105. The van der Waals surface area contributed by atoms with Crippen molar-refractivity contribution in [1.29, 1.82) is 0 Å². The van der Waals surface area contributed by atoms with E-state index in [4.69, 9.17) is 4.74 Å². The molecule has 0 spiro atoms. The Labute approximate surface area is 154 Å². The summed E-state index contributed by atoms with van der Waals surface area (Å²) in [6.07, 6.45) is 0. The third kappa shape index (κ3) is 3.89. The van der Waals surface area contributed by atoms with Crippen molar-refractivity contribution in [2.45, 2.75) is 6.54 Å². The highest BCUT2D eigenvalue weighted by Gasteiger charge is 2.20. The van der Waals surface area contributed by atoms with Crippen LogP contribution in [0.25, 0.3) is 0 Å². The van der Waals surface area contributed by atoms with E-state index in [2.05, 4.69) is 0 Å². The van der Waals surface area contributed by atoms with Crippen molar-refractivity contribution in [3.8, 4) is 5.75 Å². The summed E-state index contributed by atoms with van der Waals surface area (Å²) in [4.78, 5) is 26.2. The van der Waals surface area contributed by atoms with Crippen LogP contribution < -0.4 is 9.64 Å². The Morgan fingerprint density at radius 3 is 2.54 bits per heavy atom. The lowest BCUT2D eigenvalue weighted by molar-refractivity contribution is -0.384. The minimum atomic E-state index is -0.506. The van der Waals surface area contributed by atoms with E-state index in [0.29, 0.717) is 18.0 Å². The molecule has 0 aliphatic rings. The second-order valence-corrected chi connectivity index (χ2v) is 6.51. The van der Waals surface area contributed by atoms with Crippen LogP contribution in [0.3, 0.4) is 0 Å². The van der Waals surface area contributed by atoms with Crippen LogP contribution in [0.1, 0.15) is 15.2 Å². The average Bonchev–Trinajstić information content (AvgIpc) is 3.19. The zero-order valence-electron chi connectivity index (χ0n) is 14.0. The van der Waals surface area contributed by atoms with Crippen LogP contribution >= 0.6 is 11.3 Å². The van der Waals surface area contributed by atoms with Gasteiger partial charge in [-0.1, -0.05) is 12.1 Å². The number of nitrogens with zero attached hydrogens (tertiary/aromatic N) is 2. The highest BCUT2D eigenvalue weighted by molar-refractivity contribution is 7.09. The van der Waals surface area contributed by atoms with Crippen molar-refractivity contribution in [3.05, 3.63) is 86.6 Å². The van der Waals surface area contributed by atoms with Gasteiger partial charge in [0.1, 0.15) is 5.75 Å². The molecular formula is C19H16N2O4S. The van der Waals surface area contributed by atoms with Crippen molar-refractivity contribution in [2.24, 2.45) is 0 Å². The van der Waals surface area contributed by atoms with Gasteiger partial charge in [-0.05, 0) is 41.8 Å². The summed E-state index contributed by atoms with van der Waals surface area (Å²) in [5.74, 6) is 0.389. The van der Waals surface area contributed by atoms with E-state index < -0.39 is 4.92 Å². The quantitative estimate of drug-likeness (QED) is 0.474. The molecule has 6 nitrogen and oxygen atoms in total. The lowest BCUT2D eigenvalue weighted by Gasteiger charge is -2.22. The summed E-state index contributed by atoms with van der Waals surface area (Å²) < 4.78 is 5.17. The van der Waals surface area contributed by atoms with Gasteiger partial charge in [-0.25, -0.2) is 0 Å². The fourth-order valence-corrected chi connectivity index (χ4v) is 3.20. The molecule has 0 bridgehead atoms. The molecule has 0 fully saturated rings. The molecule has 0 aliphatic heterocycles. The number of anilines is 1. The number of amides is 1. The number of nitro benzene ring substituents is 1. The largest absolute Gasteiger partial charge is 0.497 e. The normalized spacial score (nSPS) is 10.3. The number of ether oxygens (including phenoxy) is 1. The lowest BCUT2D eigenvalue weighted by Crippen LogP contribution is -2.30. The Morgan fingerprint density at radius 1 is 1.15 bits per heavy atom. The predicted octanol–water partition coefficient (Wildman–Crippen LogP) is 4.51. The van der Waals surface area contributed by atoms with Crippen molar-refractivity contribution >= 4 is 28.6 Å². The summed E-state index contributed by atoms with van der Waals surface area (Å²) in [7, 11) is 1.58. The lowest BCUT2D eigenvalue weighted by atomic mass is 10.1. The van der Waals surface area contributed by atoms with Crippen LogP contribution in [0.2, 0.25) is 0 Å². The Morgan fingerprint density at radius 2 is 1.92 bits per heavy atom. The van der Waals surface area contributed by atoms with E-state index in [-0.39, 0.29) is 17.2 Å². The molecule has 26 heavy (non-hydrogen) atoms. The maximum absolute atomic E-state index is 13.1. The van der Waals surface area contributed by atoms with Crippen molar-refractivity contribution in [3.63, 3.8) is 0 Å². The first-order chi connectivity index (χ1) is 12.6. The number of carbonyl (C=O) groups excluding carboxylic acids is 1. The summed E-state index contributed by atoms with van der Waals surface area (Å²) >= 11 is 1.55. The smallest absolute Gasteiger partial charge is 0.270 e. The first kappa shape index (κ1) is 17.6. The second kappa shape index (κ2) is 7.79. The molecule has 0 aliphatic carbocycles. The third-order valence-corrected chi connectivity index (χ3v) is 4.69. The summed E-state index contributed by atoms with van der Waals surface area (Å²) in [6, 6.07) is 16.8. The molecule has 0 saturated heterocycles. The Balaban J connectivity index is 1.97. The maximum atomic E-state index is 13.1. The summed E-state index contributed by atoms with van der Waals surface area (Å²) in [6.45, 7) is 0.380. The SMILES string of the molecule is COc1ccc(N(Cc2cccs2)C(=O)c2cccc([N+](=O)[O-])c2)cc1. The highest BCUT2D eigenvalue weighted by Crippen LogP contribution is 2.25. The molecule has 1 amide bonds. The highest BCUT2D eigenvalue weighted by atomic mass is 32.1. The molecule has 0 unspecified atom stereocenters. The van der Waals surface area contributed by atoms with Gasteiger partial charge in [-0.2, -0.15) is 0 Å². The minimum Gasteiger partial charge on any atom is -0.497 e. The van der Waals surface area contributed by atoms with Gasteiger partial charge in [0, 0.05) is 28.3 Å². The van der Waals surface area contributed by atoms with Crippen LogP contribution in [0.15, 0.2) is 66.0 Å². The number of methoxy groups -OCH3 is 1. The number of hydrogen-bond donors (Lipinski definition) is 0. The molecule has 132 valence electrons. The molecule has 0 radical (unpaired) electrons. The molecule has 0 atom stereocenters. The Bertz CT molecular complexity index is 908. The third-order valence-electron chi connectivity index (χ3n) is 3.83. The van der Waals surface area contributed by atoms with Gasteiger partial charge < -0.3 is 9.64 Å². The first-order valence-corrected chi connectivity index (χ1v) is 8.69. The number of nitro groups is 1. The molecule has 7 heteroatoms. The molecule has 3 aromatic rings. The van der Waals surface area contributed by atoms with Crippen LogP contribution in [0.4, 0.5) is 11.4 Å². The number of non-ortho nitro benzene ring substituents is 1. The van der Waals surface area contributed by atoms with Crippen molar-refractivity contribution < 1.29 is 14.5 Å². The van der Waals surface area contributed by atoms with Crippen LogP contribution in [-0.4, -0.2) is 17.9 Å². The van der Waals surface area contributed by atoms with E-state index in [1.165, 1.54) is 18.2 Å². The topological polar surface area (TPSA) is 72.7 Å². The zero-order valence-corrected chi connectivity index (χ0v) is 14.8. The minimum absolute atomic E-state index is 0.110. The van der Waals surface area contributed by atoms with Gasteiger partial charge in [0.2, 0.25) is 0 Å². The Kier molecular flexibility index (Phi) is 5.28. The molecule has 3 rings (SSSR count). The number of rotatable bonds is 6. The molecule has 1 heterocycles. The van der Waals surface area contributed by atoms with E-state index in [1.54, 1.807) is 53.7 Å². The van der Waals surface area contributed by atoms with E-state index in [1.807, 2.05) is 17.5 Å². The zero-order chi connectivity index (χ0) is 18.5. The van der Waals surface area contributed by atoms with E-state index in [9.17, 15) is 14.9 Å². The number of thiophene rings is 1. The first-order valence-electron chi connectivity index (χ1n) is 7.81. The van der Waals surface area contributed by atoms with Gasteiger partial charge in [0.05, 0.1) is 18.6 Å². The molecule has 0 N–H and O–H groups in total. The number of benzene rings is 2. The van der Waals surface area contributed by atoms with Gasteiger partial charge in [0.15, 0.2) is 0 Å². The monoisotopic (exact) mass is 368 g/mol. The average molecular weight is 368 g/mol. The number of carbonyl (C=O) groups is 1. The van der Waals surface area contributed by atoms with Crippen molar-refractivity contribution in [1.82, 2.24) is 0 Å². The van der Waals surface area contributed by atoms with E-state index in [0.717, 1.165) is 4.88 Å². The fourth-order valence-electron chi connectivity index (χ4n) is 2.51. The molecule has 1 aromatic heterocycles. The number of hydrogen-bond acceptors (Lipinski definition) is 5. The molecule has 0 saturated carbocycles. The van der Waals surface area contributed by atoms with Gasteiger partial charge in [-0.3, -0.25) is 14.9 Å². The molecule has 2 aromatic carbocycles. The maximum Gasteiger partial charge on any atom is 0.270 e. The van der Waals surface area contributed by atoms with Gasteiger partial charge >= 0.3 is 0 Å². The predicted molar refractivity (Wildman–Crippen MR) is 101 cm³/mol.